The summed E-state index contributed by atoms with van der Waals surface area (Å²) in [5.74, 6) is 0.328. The summed E-state index contributed by atoms with van der Waals surface area (Å²) in [6.07, 6.45) is 2.12. The molecule has 1 saturated heterocycles. The number of hydrogen-bond donors (Lipinski definition) is 0. The van der Waals surface area contributed by atoms with Gasteiger partial charge < -0.3 is 4.74 Å². The third-order valence-electron chi connectivity index (χ3n) is 4.12. The minimum atomic E-state index is -0.358. The third-order valence-corrected chi connectivity index (χ3v) is 5.00. The van der Waals surface area contributed by atoms with Crippen molar-refractivity contribution in [3.63, 3.8) is 0 Å². The molecule has 0 spiro atoms. The Morgan fingerprint density at radius 2 is 1.85 bits per heavy atom. The van der Waals surface area contributed by atoms with Gasteiger partial charge in [0, 0.05) is 24.5 Å². The molecule has 1 aliphatic rings. The highest BCUT2D eigenvalue weighted by atomic mass is 32.1. The molecule has 0 amide bonds. The summed E-state index contributed by atoms with van der Waals surface area (Å²) in [4.78, 5) is 14.1. The highest BCUT2D eigenvalue weighted by Gasteiger charge is 2.40. The Balaban J connectivity index is 1.91. The van der Waals surface area contributed by atoms with E-state index < -0.39 is 0 Å². The summed E-state index contributed by atoms with van der Waals surface area (Å²) < 4.78 is 5.48. The van der Waals surface area contributed by atoms with Crippen LogP contribution in [0.1, 0.15) is 23.3 Å². The summed E-state index contributed by atoms with van der Waals surface area (Å²) in [7, 11) is 0. The van der Waals surface area contributed by atoms with E-state index in [1.165, 1.54) is 0 Å². The second-order valence-corrected chi connectivity index (χ2v) is 6.27. The summed E-state index contributed by atoms with van der Waals surface area (Å²) in [6, 6.07) is 14.2. The molecule has 1 fully saturated rings. The van der Waals surface area contributed by atoms with Gasteiger partial charge in [-0.3, -0.25) is 4.79 Å². The SMILES string of the molecule is O=C(Cc1cccs1)C1(c2ccccc2)CCOCC1. The number of Topliss-reactive ketones (excluding diaryl/α,β-unsaturated/α-hetero) is 1. The maximum absolute atomic E-state index is 12.9. The molecule has 0 bridgehead atoms. The van der Waals surface area contributed by atoms with E-state index in [1.54, 1.807) is 11.3 Å². The Morgan fingerprint density at radius 1 is 1.10 bits per heavy atom. The van der Waals surface area contributed by atoms with Gasteiger partial charge in [-0.2, -0.15) is 0 Å². The van der Waals surface area contributed by atoms with Gasteiger partial charge in [-0.25, -0.2) is 0 Å². The van der Waals surface area contributed by atoms with Crippen molar-refractivity contribution in [2.75, 3.05) is 13.2 Å². The molecule has 1 aromatic carbocycles. The largest absolute Gasteiger partial charge is 0.381 e. The minimum Gasteiger partial charge on any atom is -0.381 e. The predicted octanol–water partition coefficient (Wildman–Crippen LogP) is 3.61. The van der Waals surface area contributed by atoms with Crippen molar-refractivity contribution in [3.05, 3.63) is 58.3 Å². The van der Waals surface area contributed by atoms with Crippen LogP contribution in [0.5, 0.6) is 0 Å². The number of thiophene rings is 1. The van der Waals surface area contributed by atoms with Crippen molar-refractivity contribution < 1.29 is 9.53 Å². The van der Waals surface area contributed by atoms with Crippen molar-refractivity contribution in [1.29, 1.82) is 0 Å². The van der Waals surface area contributed by atoms with Gasteiger partial charge in [0.25, 0.3) is 0 Å². The lowest BCUT2D eigenvalue weighted by Crippen LogP contribution is -2.42. The van der Waals surface area contributed by atoms with Gasteiger partial charge in [0.05, 0.1) is 5.41 Å². The Kier molecular flexibility index (Phi) is 3.99. The van der Waals surface area contributed by atoms with Gasteiger partial charge in [0.15, 0.2) is 0 Å². The molecule has 0 atom stereocenters. The fraction of sp³-hybridized carbons (Fsp3) is 0.353. The normalized spacial score (nSPS) is 17.8. The Hall–Kier alpha value is -1.45. The zero-order chi connectivity index (χ0) is 13.8. The maximum Gasteiger partial charge on any atom is 0.148 e. The van der Waals surface area contributed by atoms with E-state index >= 15 is 0 Å². The molecule has 2 aromatic rings. The van der Waals surface area contributed by atoms with Crippen molar-refractivity contribution in [2.45, 2.75) is 24.7 Å². The summed E-state index contributed by atoms with van der Waals surface area (Å²) in [5, 5.41) is 2.03. The second-order valence-electron chi connectivity index (χ2n) is 5.24. The molecule has 0 radical (unpaired) electrons. The first-order valence-corrected chi connectivity index (χ1v) is 7.88. The summed E-state index contributed by atoms with van der Waals surface area (Å²) in [6.45, 7) is 1.34. The second kappa shape index (κ2) is 5.90. The molecule has 0 unspecified atom stereocenters. The van der Waals surface area contributed by atoms with Crippen LogP contribution in [-0.4, -0.2) is 19.0 Å². The molecule has 3 rings (SSSR count). The first-order valence-electron chi connectivity index (χ1n) is 7.00. The monoisotopic (exact) mass is 286 g/mol. The third kappa shape index (κ3) is 2.56. The van der Waals surface area contributed by atoms with Gasteiger partial charge >= 0.3 is 0 Å². The van der Waals surface area contributed by atoms with Crippen LogP contribution in [0, 0.1) is 0 Å². The topological polar surface area (TPSA) is 26.3 Å². The lowest BCUT2D eigenvalue weighted by Gasteiger charge is -2.36. The molecule has 0 saturated carbocycles. The van der Waals surface area contributed by atoms with E-state index in [1.807, 2.05) is 35.7 Å². The summed E-state index contributed by atoms with van der Waals surface area (Å²) in [5.41, 5.74) is 0.786. The van der Waals surface area contributed by atoms with Gasteiger partial charge in [-0.05, 0) is 29.9 Å². The first kappa shape index (κ1) is 13.5. The number of carbonyl (C=O) groups excluding carboxylic acids is 1. The van der Waals surface area contributed by atoms with E-state index in [0.29, 0.717) is 25.4 Å². The number of benzene rings is 1. The molecule has 104 valence electrons. The van der Waals surface area contributed by atoms with Crippen LogP contribution in [0.25, 0.3) is 0 Å². The number of rotatable bonds is 4. The van der Waals surface area contributed by atoms with Gasteiger partial charge in [-0.1, -0.05) is 36.4 Å². The quantitative estimate of drug-likeness (QED) is 0.858. The Morgan fingerprint density at radius 3 is 2.50 bits per heavy atom. The van der Waals surface area contributed by atoms with E-state index in [4.69, 9.17) is 4.74 Å². The van der Waals surface area contributed by atoms with Crippen LogP contribution in [0.4, 0.5) is 0 Å². The van der Waals surface area contributed by atoms with Crippen LogP contribution in [-0.2, 0) is 21.4 Å². The minimum absolute atomic E-state index is 0.328. The Bertz CT molecular complexity index is 554. The van der Waals surface area contributed by atoms with Crippen molar-refractivity contribution in [3.8, 4) is 0 Å². The predicted molar refractivity (Wildman–Crippen MR) is 81.2 cm³/mol. The van der Waals surface area contributed by atoms with Crippen LogP contribution >= 0.6 is 11.3 Å². The van der Waals surface area contributed by atoms with Crippen molar-refractivity contribution in [1.82, 2.24) is 0 Å². The molecule has 20 heavy (non-hydrogen) atoms. The number of ketones is 1. The Labute approximate surface area is 123 Å². The molecule has 1 aliphatic heterocycles. The standard InChI is InChI=1S/C17H18O2S/c18-16(13-15-7-4-12-20-15)17(8-10-19-11-9-17)14-5-2-1-3-6-14/h1-7,12H,8-11,13H2. The van der Waals surface area contributed by atoms with Gasteiger partial charge in [0.2, 0.25) is 0 Å². The average molecular weight is 286 g/mol. The molecule has 3 heteroatoms. The molecule has 2 heterocycles. The highest BCUT2D eigenvalue weighted by Crippen LogP contribution is 2.37. The van der Waals surface area contributed by atoms with E-state index in [0.717, 1.165) is 23.3 Å². The van der Waals surface area contributed by atoms with Crippen LogP contribution in [0.3, 0.4) is 0 Å². The molecule has 0 N–H and O–H groups in total. The van der Waals surface area contributed by atoms with E-state index in [-0.39, 0.29) is 5.41 Å². The van der Waals surface area contributed by atoms with Crippen LogP contribution in [0.2, 0.25) is 0 Å². The smallest absolute Gasteiger partial charge is 0.148 e. The van der Waals surface area contributed by atoms with E-state index in [2.05, 4.69) is 12.1 Å². The van der Waals surface area contributed by atoms with Gasteiger partial charge in [0.1, 0.15) is 5.78 Å². The zero-order valence-corrected chi connectivity index (χ0v) is 12.2. The first-order chi connectivity index (χ1) is 9.81. The molecular weight excluding hydrogens is 268 g/mol. The average Bonchev–Trinajstić information content (AvgIpc) is 3.02. The maximum atomic E-state index is 12.9. The molecule has 0 aliphatic carbocycles. The lowest BCUT2D eigenvalue weighted by atomic mass is 9.70. The van der Waals surface area contributed by atoms with Gasteiger partial charge in [-0.15, -0.1) is 11.3 Å². The van der Waals surface area contributed by atoms with Crippen molar-refractivity contribution in [2.24, 2.45) is 0 Å². The highest BCUT2D eigenvalue weighted by molar-refractivity contribution is 7.10. The van der Waals surface area contributed by atoms with E-state index in [9.17, 15) is 4.79 Å². The lowest BCUT2D eigenvalue weighted by molar-refractivity contribution is -0.127. The number of hydrogen-bond acceptors (Lipinski definition) is 3. The molecular formula is C17H18O2S. The number of carbonyl (C=O) groups is 1. The van der Waals surface area contributed by atoms with Crippen LogP contribution in [0.15, 0.2) is 47.8 Å². The summed E-state index contributed by atoms with van der Waals surface area (Å²) >= 11 is 1.66. The van der Waals surface area contributed by atoms with Crippen molar-refractivity contribution >= 4 is 17.1 Å². The molecule has 1 aromatic heterocycles. The zero-order valence-electron chi connectivity index (χ0n) is 11.4. The number of ether oxygens (including phenoxy) is 1. The fourth-order valence-corrected chi connectivity index (χ4v) is 3.65. The molecule has 2 nitrogen and oxygen atoms in total. The van der Waals surface area contributed by atoms with Crippen LogP contribution < -0.4 is 0 Å². The fourth-order valence-electron chi connectivity index (χ4n) is 2.95.